The summed E-state index contributed by atoms with van der Waals surface area (Å²) in [6.45, 7) is 9.98. The maximum absolute atomic E-state index is 13.7. The Labute approximate surface area is 149 Å². The summed E-state index contributed by atoms with van der Waals surface area (Å²) in [6, 6.07) is 4.68. The summed E-state index contributed by atoms with van der Waals surface area (Å²) in [6.07, 6.45) is 0.477. The molecule has 0 radical (unpaired) electrons. The van der Waals surface area contributed by atoms with Crippen molar-refractivity contribution in [2.75, 3.05) is 6.61 Å². The van der Waals surface area contributed by atoms with Crippen LogP contribution in [-0.2, 0) is 9.53 Å². The minimum atomic E-state index is -0.968. The van der Waals surface area contributed by atoms with E-state index in [0.717, 1.165) is 5.56 Å². The fourth-order valence-electron chi connectivity index (χ4n) is 3.11. The second-order valence-corrected chi connectivity index (χ2v) is 7.04. The molecule has 136 valence electrons. The fraction of sp³-hybridized carbons (Fsp3) is 0.611. The Hall–Kier alpha value is -1.17. The average molecular weight is 359 g/mol. The third kappa shape index (κ3) is 3.44. The third-order valence-corrected chi connectivity index (χ3v) is 5.28. The summed E-state index contributed by atoms with van der Waals surface area (Å²) < 4.78 is 19.3. The van der Waals surface area contributed by atoms with Gasteiger partial charge in [0.1, 0.15) is 11.4 Å². The highest BCUT2D eigenvalue weighted by Crippen LogP contribution is 2.50. The number of aryl methyl sites for hydroxylation is 1. The first-order chi connectivity index (χ1) is 10.6. The molecule has 3 N–H and O–H groups in total. The standard InChI is InChI=1S/C18H27FN2O2.ClH/c1-6-23-15-10-18(20,17(15,4)5)16(22)21-12(3)13-8-7-11(2)14(19)9-13;/h7-9,12,15H,6,10,20H2,1-5H3,(H,21,22);1H. The van der Waals surface area contributed by atoms with Crippen molar-refractivity contribution in [2.24, 2.45) is 11.1 Å². The Morgan fingerprint density at radius 2 is 2.12 bits per heavy atom. The van der Waals surface area contributed by atoms with E-state index in [1.807, 2.05) is 33.8 Å². The van der Waals surface area contributed by atoms with Gasteiger partial charge in [-0.05, 0) is 38.0 Å². The Kier molecular flexibility index (Phi) is 6.42. The summed E-state index contributed by atoms with van der Waals surface area (Å²) in [5.74, 6) is -0.488. The summed E-state index contributed by atoms with van der Waals surface area (Å²) >= 11 is 0. The van der Waals surface area contributed by atoms with Crippen molar-refractivity contribution >= 4 is 18.3 Å². The normalized spacial score (nSPS) is 26.0. The molecule has 1 aromatic rings. The van der Waals surface area contributed by atoms with Crippen LogP contribution in [0.3, 0.4) is 0 Å². The lowest BCUT2D eigenvalue weighted by Gasteiger charge is -2.57. The van der Waals surface area contributed by atoms with Crippen molar-refractivity contribution in [3.05, 3.63) is 35.1 Å². The lowest BCUT2D eigenvalue weighted by atomic mass is 9.54. The van der Waals surface area contributed by atoms with Gasteiger partial charge in [-0.15, -0.1) is 12.4 Å². The van der Waals surface area contributed by atoms with E-state index in [1.54, 1.807) is 13.0 Å². The van der Waals surface area contributed by atoms with Gasteiger partial charge < -0.3 is 15.8 Å². The molecule has 1 fully saturated rings. The number of amides is 1. The molecule has 1 aliphatic carbocycles. The van der Waals surface area contributed by atoms with Gasteiger partial charge in [0, 0.05) is 18.4 Å². The van der Waals surface area contributed by atoms with Crippen molar-refractivity contribution in [2.45, 2.75) is 58.7 Å². The van der Waals surface area contributed by atoms with Crippen LogP contribution in [0.15, 0.2) is 18.2 Å². The number of ether oxygens (including phenoxy) is 1. The molecule has 0 saturated heterocycles. The maximum Gasteiger partial charge on any atom is 0.241 e. The molecular formula is C18H28ClFN2O2. The molecule has 0 heterocycles. The number of carbonyl (C=O) groups is 1. The topological polar surface area (TPSA) is 64.3 Å². The minimum absolute atomic E-state index is 0. The molecule has 2 rings (SSSR count). The van der Waals surface area contributed by atoms with Crippen LogP contribution in [0.25, 0.3) is 0 Å². The van der Waals surface area contributed by atoms with Crippen molar-refractivity contribution in [1.29, 1.82) is 0 Å². The number of hydrogen-bond donors (Lipinski definition) is 2. The van der Waals surface area contributed by atoms with Crippen LogP contribution in [0, 0.1) is 18.2 Å². The Morgan fingerprint density at radius 3 is 2.62 bits per heavy atom. The van der Waals surface area contributed by atoms with Crippen LogP contribution < -0.4 is 11.1 Å². The van der Waals surface area contributed by atoms with Crippen LogP contribution in [0.1, 0.15) is 51.3 Å². The molecule has 24 heavy (non-hydrogen) atoms. The molecular weight excluding hydrogens is 331 g/mol. The highest BCUT2D eigenvalue weighted by atomic mass is 35.5. The monoisotopic (exact) mass is 358 g/mol. The van der Waals surface area contributed by atoms with Gasteiger partial charge in [0.2, 0.25) is 5.91 Å². The van der Waals surface area contributed by atoms with Gasteiger partial charge >= 0.3 is 0 Å². The van der Waals surface area contributed by atoms with E-state index in [0.29, 0.717) is 18.6 Å². The van der Waals surface area contributed by atoms with Crippen molar-refractivity contribution in [1.82, 2.24) is 5.32 Å². The third-order valence-electron chi connectivity index (χ3n) is 5.28. The number of carbonyl (C=O) groups excluding carboxylic acids is 1. The Bertz CT molecular complexity index is 609. The lowest BCUT2D eigenvalue weighted by Crippen LogP contribution is -2.75. The van der Waals surface area contributed by atoms with Gasteiger partial charge in [-0.25, -0.2) is 4.39 Å². The van der Waals surface area contributed by atoms with E-state index in [-0.39, 0.29) is 36.3 Å². The highest BCUT2D eigenvalue weighted by Gasteiger charge is 2.62. The molecule has 0 spiro atoms. The molecule has 0 aliphatic heterocycles. The van der Waals surface area contributed by atoms with Gasteiger partial charge in [-0.3, -0.25) is 4.79 Å². The van der Waals surface area contributed by atoms with Gasteiger partial charge in [0.25, 0.3) is 0 Å². The smallest absolute Gasteiger partial charge is 0.241 e. The summed E-state index contributed by atoms with van der Waals surface area (Å²) in [5.41, 5.74) is 6.26. The van der Waals surface area contributed by atoms with Crippen LogP contribution >= 0.6 is 12.4 Å². The average Bonchev–Trinajstić information content (AvgIpc) is 2.49. The fourth-order valence-corrected chi connectivity index (χ4v) is 3.11. The van der Waals surface area contributed by atoms with Gasteiger partial charge in [0.15, 0.2) is 0 Å². The van der Waals surface area contributed by atoms with E-state index in [1.165, 1.54) is 6.07 Å². The van der Waals surface area contributed by atoms with Crippen molar-refractivity contribution in [3.8, 4) is 0 Å². The van der Waals surface area contributed by atoms with Gasteiger partial charge in [-0.1, -0.05) is 26.0 Å². The number of nitrogens with one attached hydrogen (secondary N) is 1. The first-order valence-electron chi connectivity index (χ1n) is 8.11. The van der Waals surface area contributed by atoms with E-state index in [2.05, 4.69) is 5.32 Å². The first kappa shape index (κ1) is 20.9. The number of halogens is 2. The highest BCUT2D eigenvalue weighted by molar-refractivity contribution is 5.89. The number of nitrogens with two attached hydrogens (primary N) is 1. The van der Waals surface area contributed by atoms with Crippen LogP contribution in [0.2, 0.25) is 0 Å². The Balaban J connectivity index is 0.00000288. The molecule has 6 heteroatoms. The number of benzene rings is 1. The molecule has 3 unspecified atom stereocenters. The predicted octanol–water partition coefficient (Wildman–Crippen LogP) is 3.27. The second-order valence-electron chi connectivity index (χ2n) is 7.04. The summed E-state index contributed by atoms with van der Waals surface area (Å²) in [7, 11) is 0. The van der Waals surface area contributed by atoms with Gasteiger partial charge in [-0.2, -0.15) is 0 Å². The summed E-state index contributed by atoms with van der Waals surface area (Å²) in [4.78, 5) is 12.7. The lowest BCUT2D eigenvalue weighted by molar-refractivity contribution is -0.171. The molecule has 1 saturated carbocycles. The molecule has 1 amide bonds. The zero-order valence-corrected chi connectivity index (χ0v) is 15.8. The van der Waals surface area contributed by atoms with E-state index < -0.39 is 11.0 Å². The molecule has 0 aromatic heterocycles. The zero-order chi connectivity index (χ0) is 17.4. The Morgan fingerprint density at radius 1 is 1.50 bits per heavy atom. The molecule has 1 aliphatic rings. The second kappa shape index (κ2) is 7.38. The van der Waals surface area contributed by atoms with Crippen molar-refractivity contribution in [3.63, 3.8) is 0 Å². The first-order valence-corrected chi connectivity index (χ1v) is 8.11. The van der Waals surface area contributed by atoms with Crippen LogP contribution in [0.4, 0.5) is 4.39 Å². The molecule has 4 nitrogen and oxygen atoms in total. The van der Waals surface area contributed by atoms with Crippen LogP contribution in [-0.4, -0.2) is 24.2 Å². The van der Waals surface area contributed by atoms with Crippen molar-refractivity contribution < 1.29 is 13.9 Å². The maximum atomic E-state index is 13.7. The van der Waals surface area contributed by atoms with E-state index >= 15 is 0 Å². The molecule has 1 aromatic carbocycles. The number of rotatable bonds is 5. The quantitative estimate of drug-likeness (QED) is 0.849. The van der Waals surface area contributed by atoms with Gasteiger partial charge in [0.05, 0.1) is 12.1 Å². The van der Waals surface area contributed by atoms with E-state index in [9.17, 15) is 9.18 Å². The van der Waals surface area contributed by atoms with Crippen LogP contribution in [0.5, 0.6) is 0 Å². The molecule has 0 bridgehead atoms. The predicted molar refractivity (Wildman–Crippen MR) is 95.7 cm³/mol. The minimum Gasteiger partial charge on any atom is -0.378 e. The zero-order valence-electron chi connectivity index (χ0n) is 15.0. The van der Waals surface area contributed by atoms with E-state index in [4.69, 9.17) is 10.5 Å². The largest absolute Gasteiger partial charge is 0.378 e. The summed E-state index contributed by atoms with van der Waals surface area (Å²) in [5, 5.41) is 2.92. The SMILES string of the molecule is CCOC1CC(N)(C(=O)NC(C)c2ccc(C)c(F)c2)C1(C)C.Cl. The molecule has 3 atom stereocenters. The number of hydrogen-bond acceptors (Lipinski definition) is 3.